The molecule has 0 aromatic heterocycles. The van der Waals surface area contributed by atoms with Crippen LogP contribution in [0.25, 0.3) is 6.08 Å². The van der Waals surface area contributed by atoms with E-state index in [4.69, 9.17) is 9.47 Å². The Hall–Kier alpha value is -3.41. The van der Waals surface area contributed by atoms with Gasteiger partial charge in [-0.05, 0) is 48.4 Å². The standard InChI is InChI=1S/C22H23N3O3/c1-14-11-17-12-21(27-3)22(28-4)13-19(17)20(25-24-14)10-7-16-5-8-18(9-6-16)23-15(2)26/h5-10,12-13H,11H2,1-4H3,(H,23,26). The normalized spacial score (nSPS) is 13.3. The van der Waals surface area contributed by atoms with Crippen LogP contribution in [0.4, 0.5) is 5.69 Å². The largest absolute Gasteiger partial charge is 0.493 e. The van der Waals surface area contributed by atoms with Gasteiger partial charge in [-0.15, -0.1) is 0 Å². The smallest absolute Gasteiger partial charge is 0.221 e. The van der Waals surface area contributed by atoms with E-state index < -0.39 is 0 Å². The van der Waals surface area contributed by atoms with Crippen LogP contribution >= 0.6 is 0 Å². The highest BCUT2D eigenvalue weighted by Gasteiger charge is 2.17. The maximum absolute atomic E-state index is 11.1. The zero-order valence-electron chi connectivity index (χ0n) is 16.4. The highest BCUT2D eigenvalue weighted by Crippen LogP contribution is 2.32. The average Bonchev–Trinajstić information content (AvgIpc) is 2.83. The van der Waals surface area contributed by atoms with Crippen molar-refractivity contribution >= 4 is 29.1 Å². The summed E-state index contributed by atoms with van der Waals surface area (Å²) in [5.41, 5.74) is 5.48. The van der Waals surface area contributed by atoms with Crippen LogP contribution in [-0.4, -0.2) is 31.6 Å². The van der Waals surface area contributed by atoms with Crippen LogP contribution in [0, 0.1) is 0 Å². The Morgan fingerprint density at radius 2 is 1.71 bits per heavy atom. The van der Waals surface area contributed by atoms with Crippen LogP contribution in [0.1, 0.15) is 30.5 Å². The summed E-state index contributed by atoms with van der Waals surface area (Å²) in [6.45, 7) is 3.44. The van der Waals surface area contributed by atoms with Gasteiger partial charge >= 0.3 is 0 Å². The molecule has 0 fully saturated rings. The molecule has 1 heterocycles. The third-order valence-electron chi connectivity index (χ3n) is 4.32. The molecule has 6 heteroatoms. The molecule has 2 aromatic carbocycles. The SMILES string of the molecule is COc1cc2c(cc1OC)C(C=Cc1ccc(NC(C)=O)cc1)=NN=C(C)C2. The van der Waals surface area contributed by atoms with E-state index in [0.29, 0.717) is 17.9 Å². The number of anilines is 1. The van der Waals surface area contributed by atoms with Crippen LogP contribution in [0.5, 0.6) is 11.5 Å². The predicted molar refractivity (Wildman–Crippen MR) is 113 cm³/mol. The van der Waals surface area contributed by atoms with Crippen LogP contribution in [0.3, 0.4) is 0 Å². The van der Waals surface area contributed by atoms with Crippen molar-refractivity contribution < 1.29 is 14.3 Å². The lowest BCUT2D eigenvalue weighted by atomic mass is 9.97. The molecule has 6 nitrogen and oxygen atoms in total. The molecule has 0 atom stereocenters. The van der Waals surface area contributed by atoms with Crippen LogP contribution in [0.2, 0.25) is 0 Å². The number of amides is 1. The number of fused-ring (bicyclic) bond motifs is 1. The number of allylic oxidation sites excluding steroid dienone is 1. The number of hydrogen-bond donors (Lipinski definition) is 1. The summed E-state index contributed by atoms with van der Waals surface area (Å²) >= 11 is 0. The first-order valence-electron chi connectivity index (χ1n) is 8.92. The first-order chi connectivity index (χ1) is 13.5. The van der Waals surface area contributed by atoms with Gasteiger partial charge in [0.15, 0.2) is 11.5 Å². The van der Waals surface area contributed by atoms with Crippen molar-refractivity contribution in [3.8, 4) is 11.5 Å². The number of nitrogens with zero attached hydrogens (tertiary/aromatic N) is 2. The van der Waals surface area contributed by atoms with E-state index in [0.717, 1.165) is 33.8 Å². The Balaban J connectivity index is 1.93. The molecule has 2 aromatic rings. The van der Waals surface area contributed by atoms with Crippen molar-refractivity contribution in [3.63, 3.8) is 0 Å². The van der Waals surface area contributed by atoms with Gasteiger partial charge in [0.25, 0.3) is 0 Å². The summed E-state index contributed by atoms with van der Waals surface area (Å²) in [7, 11) is 3.24. The van der Waals surface area contributed by atoms with Gasteiger partial charge < -0.3 is 14.8 Å². The van der Waals surface area contributed by atoms with Crippen molar-refractivity contribution in [1.29, 1.82) is 0 Å². The van der Waals surface area contributed by atoms with Gasteiger partial charge in [0, 0.05) is 30.3 Å². The molecule has 1 N–H and O–H groups in total. The fourth-order valence-corrected chi connectivity index (χ4v) is 2.99. The van der Waals surface area contributed by atoms with E-state index in [1.807, 2.05) is 55.5 Å². The highest BCUT2D eigenvalue weighted by atomic mass is 16.5. The fraction of sp³-hybridized carbons (Fsp3) is 0.227. The van der Waals surface area contributed by atoms with Crippen LogP contribution in [0.15, 0.2) is 52.7 Å². The Morgan fingerprint density at radius 3 is 2.36 bits per heavy atom. The van der Waals surface area contributed by atoms with Gasteiger partial charge in [-0.3, -0.25) is 4.79 Å². The number of benzene rings is 2. The second-order valence-corrected chi connectivity index (χ2v) is 6.50. The van der Waals surface area contributed by atoms with Gasteiger partial charge in [0.1, 0.15) is 0 Å². The maximum Gasteiger partial charge on any atom is 0.221 e. The van der Waals surface area contributed by atoms with Gasteiger partial charge in [0.2, 0.25) is 5.91 Å². The predicted octanol–water partition coefficient (Wildman–Crippen LogP) is 4.10. The van der Waals surface area contributed by atoms with Gasteiger partial charge in [-0.1, -0.05) is 18.2 Å². The van der Waals surface area contributed by atoms with Crippen LogP contribution < -0.4 is 14.8 Å². The zero-order valence-corrected chi connectivity index (χ0v) is 16.4. The minimum absolute atomic E-state index is 0.0923. The van der Waals surface area contributed by atoms with Crippen molar-refractivity contribution in [3.05, 3.63) is 59.2 Å². The molecular formula is C22H23N3O3. The number of carbonyl (C=O) groups is 1. The summed E-state index contributed by atoms with van der Waals surface area (Å²) in [5, 5.41) is 11.5. The van der Waals surface area contributed by atoms with E-state index >= 15 is 0 Å². The summed E-state index contributed by atoms with van der Waals surface area (Å²) in [6.07, 6.45) is 4.59. The second kappa shape index (κ2) is 8.52. The minimum atomic E-state index is -0.0923. The lowest BCUT2D eigenvalue weighted by Crippen LogP contribution is -2.05. The molecule has 0 bridgehead atoms. The number of rotatable bonds is 5. The fourth-order valence-electron chi connectivity index (χ4n) is 2.99. The van der Waals surface area contributed by atoms with E-state index in [1.165, 1.54) is 6.92 Å². The Bertz CT molecular complexity index is 973. The number of carbonyl (C=O) groups excluding carboxylic acids is 1. The third-order valence-corrected chi connectivity index (χ3v) is 4.32. The lowest BCUT2D eigenvalue weighted by Gasteiger charge is -2.13. The second-order valence-electron chi connectivity index (χ2n) is 6.50. The Kier molecular flexibility index (Phi) is 5.89. The summed E-state index contributed by atoms with van der Waals surface area (Å²) in [4.78, 5) is 11.1. The van der Waals surface area contributed by atoms with Gasteiger partial charge in [-0.2, -0.15) is 10.2 Å². The molecule has 0 aliphatic carbocycles. The Labute approximate surface area is 164 Å². The lowest BCUT2D eigenvalue weighted by molar-refractivity contribution is -0.114. The summed E-state index contributed by atoms with van der Waals surface area (Å²) < 4.78 is 10.9. The molecule has 1 amide bonds. The maximum atomic E-state index is 11.1. The van der Waals surface area contributed by atoms with Gasteiger partial charge in [-0.25, -0.2) is 0 Å². The van der Waals surface area contributed by atoms with Crippen molar-refractivity contribution in [2.45, 2.75) is 20.3 Å². The Morgan fingerprint density at radius 1 is 1.04 bits per heavy atom. The number of ether oxygens (including phenoxy) is 2. The number of nitrogens with one attached hydrogen (secondary N) is 1. The molecule has 1 aliphatic heterocycles. The van der Waals surface area contributed by atoms with E-state index in [9.17, 15) is 4.79 Å². The van der Waals surface area contributed by atoms with E-state index in [-0.39, 0.29) is 5.91 Å². The molecule has 1 aliphatic rings. The average molecular weight is 377 g/mol. The third kappa shape index (κ3) is 4.46. The molecule has 0 saturated carbocycles. The summed E-state index contributed by atoms with van der Waals surface area (Å²) in [5.74, 6) is 1.25. The first kappa shape index (κ1) is 19.4. The topological polar surface area (TPSA) is 72.3 Å². The molecule has 0 spiro atoms. The molecule has 0 saturated heterocycles. The monoisotopic (exact) mass is 377 g/mol. The summed E-state index contributed by atoms with van der Waals surface area (Å²) in [6, 6.07) is 11.5. The molecule has 28 heavy (non-hydrogen) atoms. The van der Waals surface area contributed by atoms with Crippen molar-refractivity contribution in [2.75, 3.05) is 19.5 Å². The van der Waals surface area contributed by atoms with E-state index in [2.05, 4.69) is 15.5 Å². The van der Waals surface area contributed by atoms with Crippen molar-refractivity contribution in [1.82, 2.24) is 0 Å². The van der Waals surface area contributed by atoms with Crippen molar-refractivity contribution in [2.24, 2.45) is 10.2 Å². The quantitative estimate of drug-likeness (QED) is 0.853. The number of hydrogen-bond acceptors (Lipinski definition) is 5. The van der Waals surface area contributed by atoms with Gasteiger partial charge in [0.05, 0.1) is 19.9 Å². The molecular weight excluding hydrogens is 354 g/mol. The zero-order chi connectivity index (χ0) is 20.1. The van der Waals surface area contributed by atoms with Crippen LogP contribution in [-0.2, 0) is 11.2 Å². The number of methoxy groups -OCH3 is 2. The molecule has 3 rings (SSSR count). The molecule has 144 valence electrons. The molecule has 0 radical (unpaired) electrons. The minimum Gasteiger partial charge on any atom is -0.493 e. The first-order valence-corrected chi connectivity index (χ1v) is 8.92. The molecule has 0 unspecified atom stereocenters. The highest BCUT2D eigenvalue weighted by molar-refractivity contribution is 6.13. The van der Waals surface area contributed by atoms with E-state index in [1.54, 1.807) is 14.2 Å².